The van der Waals surface area contributed by atoms with Crippen molar-refractivity contribution in [3.63, 3.8) is 0 Å². The molecule has 0 aliphatic carbocycles. The molecule has 2 aliphatic heterocycles. The van der Waals surface area contributed by atoms with Gasteiger partial charge in [0.2, 0.25) is 0 Å². The zero-order valence-corrected chi connectivity index (χ0v) is 17.4. The number of rotatable bonds is 11. The second-order valence-electron chi connectivity index (χ2n) is 7.66. The number of carboxylic acids is 1. The van der Waals surface area contributed by atoms with Gasteiger partial charge in [-0.2, -0.15) is 0 Å². The number of hydrogen-bond acceptors (Lipinski definition) is 13. The number of hydrogen-bond donors (Lipinski definition) is 8. The zero-order chi connectivity index (χ0) is 24.0. The van der Waals surface area contributed by atoms with Crippen LogP contribution in [-0.4, -0.2) is 147 Å². The van der Waals surface area contributed by atoms with Crippen LogP contribution in [-0.2, 0) is 28.5 Å². The smallest absolute Gasteiger partial charge is 0.329 e. The first-order valence-electron chi connectivity index (χ1n) is 10.1. The van der Waals surface area contributed by atoms with Crippen LogP contribution in [0.2, 0.25) is 0 Å². The van der Waals surface area contributed by atoms with E-state index >= 15 is 0 Å². The van der Waals surface area contributed by atoms with Crippen molar-refractivity contribution in [3.05, 3.63) is 0 Å². The molecular weight excluding hydrogens is 440 g/mol. The Labute approximate surface area is 183 Å². The molecule has 32 heavy (non-hydrogen) atoms. The van der Waals surface area contributed by atoms with Crippen molar-refractivity contribution in [2.75, 3.05) is 33.0 Å². The summed E-state index contributed by atoms with van der Waals surface area (Å²) in [5.41, 5.74) is 0. The van der Waals surface area contributed by atoms with Crippen molar-refractivity contribution in [2.45, 2.75) is 74.3 Å². The van der Waals surface area contributed by atoms with Gasteiger partial charge in [-0.15, -0.1) is 0 Å². The Hall–Kier alpha value is -1.01. The Bertz CT molecular complexity index is 578. The summed E-state index contributed by atoms with van der Waals surface area (Å²) in [4.78, 5) is 10.8. The molecule has 11 atom stereocenters. The highest BCUT2D eigenvalue weighted by atomic mass is 16.7. The summed E-state index contributed by atoms with van der Waals surface area (Å²) in [7, 11) is 0. The van der Waals surface area contributed by atoms with Crippen LogP contribution in [0.3, 0.4) is 0 Å². The third-order valence-electron chi connectivity index (χ3n) is 5.28. The topological polar surface area (TPSA) is 225 Å². The van der Waals surface area contributed by atoms with Crippen LogP contribution in [0, 0.1) is 0 Å². The van der Waals surface area contributed by atoms with E-state index < -0.39 is 99.7 Å². The van der Waals surface area contributed by atoms with Crippen LogP contribution >= 0.6 is 0 Å². The Kier molecular flexibility index (Phi) is 10.6. The molecule has 2 fully saturated rings. The first-order valence-corrected chi connectivity index (χ1v) is 10.1. The highest BCUT2D eigenvalue weighted by Gasteiger charge is 2.51. The van der Waals surface area contributed by atoms with E-state index in [1.54, 1.807) is 0 Å². The van der Waals surface area contributed by atoms with Gasteiger partial charge in [0.1, 0.15) is 61.5 Å². The number of aliphatic hydroxyl groups excluding tert-OH is 7. The summed E-state index contributed by atoms with van der Waals surface area (Å²) in [6.45, 7) is -1.63. The maximum absolute atomic E-state index is 10.8. The predicted octanol–water partition coefficient (Wildman–Crippen LogP) is -4.84. The van der Waals surface area contributed by atoms with Crippen LogP contribution in [0.4, 0.5) is 0 Å². The van der Waals surface area contributed by atoms with Gasteiger partial charge in [0.15, 0.2) is 6.29 Å². The van der Waals surface area contributed by atoms with Gasteiger partial charge in [0.25, 0.3) is 0 Å². The number of aliphatic hydroxyl groups is 7. The third-order valence-corrected chi connectivity index (χ3v) is 5.28. The van der Waals surface area contributed by atoms with Crippen LogP contribution in [0.1, 0.15) is 6.92 Å². The Balaban J connectivity index is 2.23. The molecule has 2 aliphatic rings. The lowest BCUT2D eigenvalue weighted by atomic mass is 9.94. The maximum Gasteiger partial charge on any atom is 0.329 e. The van der Waals surface area contributed by atoms with Crippen LogP contribution in [0.25, 0.3) is 0 Å². The average molecular weight is 472 g/mol. The van der Waals surface area contributed by atoms with Crippen LogP contribution in [0.15, 0.2) is 0 Å². The molecule has 0 bridgehead atoms. The molecule has 0 spiro atoms. The monoisotopic (exact) mass is 472 g/mol. The molecule has 0 aromatic rings. The fraction of sp³-hybridized carbons (Fsp3) is 0.944. The number of ether oxygens (including phenoxy) is 5. The lowest BCUT2D eigenvalue weighted by Crippen LogP contribution is -2.65. The van der Waals surface area contributed by atoms with Crippen molar-refractivity contribution in [1.29, 1.82) is 0 Å². The summed E-state index contributed by atoms with van der Waals surface area (Å²) >= 11 is 0. The van der Waals surface area contributed by atoms with Crippen molar-refractivity contribution in [3.8, 4) is 0 Å². The molecule has 2 rings (SSSR count). The largest absolute Gasteiger partial charge is 0.480 e. The molecule has 2 saturated heterocycles. The quantitative estimate of drug-likeness (QED) is 0.141. The number of carboxylic acid groups (broad SMARTS) is 1. The van der Waals surface area contributed by atoms with Gasteiger partial charge in [-0.05, 0) is 6.92 Å². The zero-order valence-electron chi connectivity index (χ0n) is 17.4. The van der Waals surface area contributed by atoms with E-state index in [4.69, 9.17) is 33.9 Å². The molecule has 188 valence electrons. The van der Waals surface area contributed by atoms with Gasteiger partial charge in [-0.3, -0.25) is 0 Å². The molecule has 2 heterocycles. The van der Waals surface area contributed by atoms with E-state index in [-0.39, 0.29) is 6.61 Å². The average Bonchev–Trinajstić information content (AvgIpc) is 2.76. The number of aliphatic carboxylic acids is 1. The van der Waals surface area contributed by atoms with Crippen molar-refractivity contribution < 1.29 is 69.3 Å². The summed E-state index contributed by atoms with van der Waals surface area (Å²) in [5, 5.41) is 78.0. The standard InChI is InChI=1S/C18H32O14/c1-7-12(25)17(28-5-8(22)2-19)15(10(4-21)30-7)32-18-14(27)16(29-6-11(23)24)13(26)9(3-20)31-18/h7-10,12-22,25-27H,2-6H2,1H3,(H,23,24). The maximum atomic E-state index is 10.8. The van der Waals surface area contributed by atoms with Gasteiger partial charge >= 0.3 is 5.97 Å². The molecule has 11 unspecified atom stereocenters. The molecule has 0 saturated carbocycles. The summed E-state index contributed by atoms with van der Waals surface area (Å²) < 4.78 is 27.2. The fourth-order valence-electron chi connectivity index (χ4n) is 3.57. The van der Waals surface area contributed by atoms with Gasteiger partial charge < -0.3 is 64.5 Å². The molecule has 0 radical (unpaired) electrons. The fourth-order valence-corrected chi connectivity index (χ4v) is 3.57. The van der Waals surface area contributed by atoms with Gasteiger partial charge in [-0.1, -0.05) is 0 Å². The molecule has 0 aromatic heterocycles. The highest BCUT2D eigenvalue weighted by molar-refractivity contribution is 5.68. The summed E-state index contributed by atoms with van der Waals surface area (Å²) in [6.07, 6.45) is -14.6. The Morgan fingerprint density at radius 3 is 2.12 bits per heavy atom. The van der Waals surface area contributed by atoms with Crippen molar-refractivity contribution in [2.24, 2.45) is 0 Å². The van der Waals surface area contributed by atoms with E-state index in [1.165, 1.54) is 6.92 Å². The molecular formula is C18H32O14. The SMILES string of the molecule is CC1OC(CO)C(OC2OC(CO)C(O)C(OCC(=O)O)C2O)C(OCC(O)CO)C1O. The molecule has 14 nitrogen and oxygen atoms in total. The summed E-state index contributed by atoms with van der Waals surface area (Å²) in [5.74, 6) is -1.36. The van der Waals surface area contributed by atoms with Crippen molar-refractivity contribution >= 4 is 5.97 Å². The van der Waals surface area contributed by atoms with E-state index in [0.29, 0.717) is 0 Å². The molecule has 14 heteroatoms. The Morgan fingerprint density at radius 1 is 0.906 bits per heavy atom. The summed E-state index contributed by atoms with van der Waals surface area (Å²) in [6, 6.07) is 0. The molecule has 8 N–H and O–H groups in total. The molecule has 0 amide bonds. The second-order valence-corrected chi connectivity index (χ2v) is 7.66. The predicted molar refractivity (Wildman–Crippen MR) is 100 cm³/mol. The third kappa shape index (κ3) is 6.53. The lowest BCUT2D eigenvalue weighted by molar-refractivity contribution is -0.347. The minimum Gasteiger partial charge on any atom is -0.480 e. The van der Waals surface area contributed by atoms with E-state index in [0.717, 1.165) is 0 Å². The van der Waals surface area contributed by atoms with Gasteiger partial charge in [0, 0.05) is 0 Å². The van der Waals surface area contributed by atoms with Gasteiger partial charge in [0.05, 0.1) is 32.5 Å². The first kappa shape index (κ1) is 27.2. The Morgan fingerprint density at radius 2 is 1.56 bits per heavy atom. The first-order chi connectivity index (χ1) is 15.1. The van der Waals surface area contributed by atoms with E-state index in [2.05, 4.69) is 0 Å². The van der Waals surface area contributed by atoms with E-state index in [9.17, 15) is 35.4 Å². The number of carbonyl (C=O) groups is 1. The second kappa shape index (κ2) is 12.5. The highest BCUT2D eigenvalue weighted by Crippen LogP contribution is 2.31. The lowest BCUT2D eigenvalue weighted by Gasteiger charge is -2.47. The minimum atomic E-state index is -1.73. The van der Waals surface area contributed by atoms with Gasteiger partial charge in [-0.25, -0.2) is 4.79 Å². The minimum absolute atomic E-state index is 0.390. The van der Waals surface area contributed by atoms with Crippen LogP contribution < -0.4 is 0 Å². The molecule has 0 aromatic carbocycles. The normalized spacial score (nSPS) is 41.4. The van der Waals surface area contributed by atoms with Crippen LogP contribution in [0.5, 0.6) is 0 Å². The van der Waals surface area contributed by atoms with E-state index in [1.807, 2.05) is 0 Å². The van der Waals surface area contributed by atoms with Crippen molar-refractivity contribution in [1.82, 2.24) is 0 Å².